The summed E-state index contributed by atoms with van der Waals surface area (Å²) in [7, 11) is 0. The summed E-state index contributed by atoms with van der Waals surface area (Å²) in [5.41, 5.74) is 0.891. The quantitative estimate of drug-likeness (QED) is 0.649. The Morgan fingerprint density at radius 2 is 1.38 bits per heavy atom. The van der Waals surface area contributed by atoms with Crippen molar-refractivity contribution in [1.82, 2.24) is 15.2 Å². The van der Waals surface area contributed by atoms with E-state index in [0.29, 0.717) is 11.1 Å². The van der Waals surface area contributed by atoms with Crippen molar-refractivity contribution in [3.8, 4) is 11.5 Å². The van der Waals surface area contributed by atoms with Crippen molar-refractivity contribution in [1.29, 1.82) is 0 Å². The van der Waals surface area contributed by atoms with E-state index in [-0.39, 0.29) is 0 Å². The molecule has 0 aliphatic heterocycles. The number of hydrogen-bond donors (Lipinski definition) is 0. The molecule has 0 saturated heterocycles. The van der Waals surface area contributed by atoms with Gasteiger partial charge in [0.25, 0.3) is 5.22 Å². The minimum absolute atomic E-state index is 0.534. The molecule has 1 aromatic carbocycles. The van der Waals surface area contributed by atoms with Crippen LogP contribution >= 0.6 is 11.8 Å². The van der Waals surface area contributed by atoms with Gasteiger partial charge in [-0.05, 0) is 18.4 Å². The summed E-state index contributed by atoms with van der Waals surface area (Å²) < 4.78 is 5.33. The van der Waals surface area contributed by atoms with Gasteiger partial charge in [0.2, 0.25) is 5.89 Å². The van der Waals surface area contributed by atoms with Crippen LogP contribution in [0.25, 0.3) is 11.5 Å². The first-order valence-electron chi connectivity index (χ1n) is 6.68. The number of thioether (sulfide) groups is 1. The van der Waals surface area contributed by atoms with Crippen molar-refractivity contribution in [2.45, 2.75) is 19.1 Å². The van der Waals surface area contributed by atoms with Crippen LogP contribution in [-0.4, -0.2) is 21.4 Å². The Balaban J connectivity index is 0.000000231. The van der Waals surface area contributed by atoms with E-state index in [2.05, 4.69) is 15.2 Å². The van der Waals surface area contributed by atoms with Gasteiger partial charge in [-0.25, -0.2) is 0 Å². The molecular formula is C16H19N3OS. The normalized spacial score (nSPS) is 8.90. The highest BCUT2D eigenvalue weighted by atomic mass is 32.2. The molecule has 0 atom stereocenters. The smallest absolute Gasteiger partial charge is 0.276 e. The van der Waals surface area contributed by atoms with Gasteiger partial charge < -0.3 is 4.42 Å². The Bertz CT molecular complexity index is 558. The van der Waals surface area contributed by atoms with Crippen LogP contribution in [0.4, 0.5) is 0 Å². The lowest BCUT2D eigenvalue weighted by atomic mass is 10.3. The molecule has 110 valence electrons. The van der Waals surface area contributed by atoms with E-state index in [1.165, 1.54) is 11.8 Å². The molecule has 0 fully saturated rings. The Morgan fingerprint density at radius 1 is 0.857 bits per heavy atom. The molecule has 0 aliphatic carbocycles. The van der Waals surface area contributed by atoms with Crippen molar-refractivity contribution in [3.05, 3.63) is 60.9 Å². The maximum Gasteiger partial charge on any atom is 0.276 e. The second kappa shape index (κ2) is 10.6. The molecule has 5 heteroatoms. The fourth-order valence-corrected chi connectivity index (χ4v) is 1.57. The van der Waals surface area contributed by atoms with Crippen LogP contribution in [0.3, 0.4) is 0 Å². The van der Waals surface area contributed by atoms with Crippen LogP contribution in [0.2, 0.25) is 0 Å². The van der Waals surface area contributed by atoms with Gasteiger partial charge in [0.05, 0.1) is 0 Å². The molecule has 21 heavy (non-hydrogen) atoms. The predicted octanol–water partition coefficient (Wildman–Crippen LogP) is 4.57. The molecule has 2 heterocycles. The average Bonchev–Trinajstić information content (AvgIpc) is 3.09. The summed E-state index contributed by atoms with van der Waals surface area (Å²) >= 11 is 1.43. The molecule has 0 radical (unpaired) electrons. The molecule has 3 rings (SSSR count). The van der Waals surface area contributed by atoms with Gasteiger partial charge in [-0.15, -0.1) is 10.2 Å². The summed E-state index contributed by atoms with van der Waals surface area (Å²) in [6.45, 7) is 4.00. The highest BCUT2D eigenvalue weighted by molar-refractivity contribution is 7.98. The summed E-state index contributed by atoms with van der Waals surface area (Å²) in [5, 5.41) is 8.30. The van der Waals surface area contributed by atoms with Crippen LogP contribution in [0, 0.1) is 0 Å². The molecule has 0 amide bonds. The van der Waals surface area contributed by atoms with Gasteiger partial charge in [-0.3, -0.25) is 4.98 Å². The van der Waals surface area contributed by atoms with E-state index in [0.717, 1.165) is 5.56 Å². The van der Waals surface area contributed by atoms with E-state index in [9.17, 15) is 0 Å². The largest absolute Gasteiger partial charge is 0.411 e. The van der Waals surface area contributed by atoms with Crippen molar-refractivity contribution in [2.75, 3.05) is 6.26 Å². The molecule has 0 spiro atoms. The summed E-state index contributed by atoms with van der Waals surface area (Å²) in [5.74, 6) is 0.534. The zero-order chi connectivity index (χ0) is 15.3. The molecular weight excluding hydrogens is 282 g/mol. The van der Waals surface area contributed by atoms with Gasteiger partial charge in [-0.1, -0.05) is 62.0 Å². The number of benzene rings is 1. The second-order valence-electron chi connectivity index (χ2n) is 3.47. The Labute approximate surface area is 129 Å². The number of hydrogen-bond acceptors (Lipinski definition) is 5. The molecule has 0 bridgehead atoms. The average molecular weight is 301 g/mol. The number of nitrogens with zero attached hydrogens (tertiary/aromatic N) is 3. The fraction of sp³-hybridized carbons (Fsp3) is 0.188. The van der Waals surface area contributed by atoms with Crippen molar-refractivity contribution < 1.29 is 4.42 Å². The van der Waals surface area contributed by atoms with Gasteiger partial charge in [0, 0.05) is 18.0 Å². The zero-order valence-electron chi connectivity index (χ0n) is 12.4. The van der Waals surface area contributed by atoms with Crippen molar-refractivity contribution in [2.24, 2.45) is 0 Å². The van der Waals surface area contributed by atoms with Crippen LogP contribution < -0.4 is 0 Å². The Kier molecular flexibility index (Phi) is 8.56. The highest BCUT2D eigenvalue weighted by Crippen LogP contribution is 2.20. The zero-order valence-corrected chi connectivity index (χ0v) is 13.2. The van der Waals surface area contributed by atoms with E-state index in [1.807, 2.05) is 68.6 Å². The number of rotatable bonds is 2. The Morgan fingerprint density at radius 3 is 1.81 bits per heavy atom. The highest BCUT2D eigenvalue weighted by Gasteiger charge is 2.05. The monoisotopic (exact) mass is 301 g/mol. The number of pyridine rings is 1. The van der Waals surface area contributed by atoms with Crippen molar-refractivity contribution in [3.63, 3.8) is 0 Å². The van der Waals surface area contributed by atoms with Crippen LogP contribution in [0.1, 0.15) is 13.8 Å². The molecule has 0 unspecified atom stereocenters. The molecule has 4 nitrogen and oxygen atoms in total. The second-order valence-corrected chi connectivity index (χ2v) is 4.23. The summed E-state index contributed by atoms with van der Waals surface area (Å²) in [6.07, 6.45) is 5.28. The Hall–Kier alpha value is -2.14. The standard InChI is InChI=1S/C8H7N3OS.C6H6.C2H6/c1-13-8-11-10-7(12-8)6-2-4-9-5-3-6;1-2-4-6-5-3-1;1-2/h2-5H,1H3;1-6H;1-2H3. The van der Waals surface area contributed by atoms with Crippen molar-refractivity contribution >= 4 is 11.8 Å². The van der Waals surface area contributed by atoms with Gasteiger partial charge in [0.15, 0.2) is 0 Å². The minimum Gasteiger partial charge on any atom is -0.411 e. The van der Waals surface area contributed by atoms with Crippen LogP contribution in [-0.2, 0) is 0 Å². The van der Waals surface area contributed by atoms with E-state index in [4.69, 9.17) is 4.42 Å². The lowest BCUT2D eigenvalue weighted by Gasteiger charge is -1.90. The number of aromatic nitrogens is 3. The molecule has 0 saturated carbocycles. The molecule has 2 aromatic heterocycles. The first kappa shape index (κ1) is 16.9. The lowest BCUT2D eigenvalue weighted by molar-refractivity contribution is 0.466. The summed E-state index contributed by atoms with van der Waals surface area (Å²) in [6, 6.07) is 15.7. The SMILES string of the molecule is CC.CSc1nnc(-c2ccncc2)o1.c1ccccc1. The summed E-state index contributed by atoms with van der Waals surface area (Å²) in [4.78, 5) is 3.90. The molecule has 0 aliphatic rings. The predicted molar refractivity (Wildman–Crippen MR) is 87.1 cm³/mol. The van der Waals surface area contributed by atoms with E-state index in [1.54, 1.807) is 12.4 Å². The van der Waals surface area contributed by atoms with E-state index >= 15 is 0 Å². The third kappa shape index (κ3) is 6.23. The first-order chi connectivity index (χ1) is 10.4. The molecule has 3 aromatic rings. The topological polar surface area (TPSA) is 51.8 Å². The maximum absolute atomic E-state index is 5.33. The van der Waals surface area contributed by atoms with E-state index < -0.39 is 0 Å². The third-order valence-electron chi connectivity index (χ3n) is 2.18. The lowest BCUT2D eigenvalue weighted by Crippen LogP contribution is -1.77. The van der Waals surface area contributed by atoms with Gasteiger partial charge in [0.1, 0.15) is 0 Å². The van der Waals surface area contributed by atoms with Crippen LogP contribution in [0.5, 0.6) is 0 Å². The third-order valence-corrected chi connectivity index (χ3v) is 2.69. The fourth-order valence-electron chi connectivity index (χ4n) is 1.29. The first-order valence-corrected chi connectivity index (χ1v) is 7.90. The van der Waals surface area contributed by atoms with Gasteiger partial charge in [-0.2, -0.15) is 0 Å². The maximum atomic E-state index is 5.33. The van der Waals surface area contributed by atoms with Gasteiger partial charge >= 0.3 is 0 Å². The van der Waals surface area contributed by atoms with Crippen LogP contribution in [0.15, 0.2) is 70.6 Å². The molecule has 0 N–H and O–H groups in total. The minimum atomic E-state index is 0.534.